The van der Waals surface area contributed by atoms with E-state index in [2.05, 4.69) is 32.3 Å². The lowest BCUT2D eigenvalue weighted by Gasteiger charge is -2.35. The fourth-order valence-corrected chi connectivity index (χ4v) is 4.10. The summed E-state index contributed by atoms with van der Waals surface area (Å²) in [4.78, 5) is 9.42. The predicted molar refractivity (Wildman–Crippen MR) is 118 cm³/mol. The SMILES string of the molecule is CC1CN(CCc2c[nH]c3ccccc23)c2c(F)cc(Nc3ccncc3)cc2O1. The average molecular weight is 402 g/mol. The van der Waals surface area contributed by atoms with Gasteiger partial charge in [-0.2, -0.15) is 0 Å². The van der Waals surface area contributed by atoms with Crippen LogP contribution in [0.1, 0.15) is 12.5 Å². The Morgan fingerprint density at radius 2 is 2.00 bits per heavy atom. The first-order chi connectivity index (χ1) is 14.7. The number of aromatic nitrogens is 2. The normalized spacial score (nSPS) is 15.7. The van der Waals surface area contributed by atoms with Crippen LogP contribution in [0.3, 0.4) is 0 Å². The van der Waals surface area contributed by atoms with Gasteiger partial charge in [0.15, 0.2) is 5.82 Å². The molecular formula is C24H23FN4O. The van der Waals surface area contributed by atoms with Gasteiger partial charge in [0.2, 0.25) is 0 Å². The zero-order valence-corrected chi connectivity index (χ0v) is 16.7. The van der Waals surface area contributed by atoms with Crippen LogP contribution >= 0.6 is 0 Å². The fraction of sp³-hybridized carbons (Fsp3) is 0.208. The minimum Gasteiger partial charge on any atom is -0.487 e. The summed E-state index contributed by atoms with van der Waals surface area (Å²) in [6, 6.07) is 15.3. The molecule has 1 atom stereocenters. The minimum atomic E-state index is -0.283. The topological polar surface area (TPSA) is 53.2 Å². The van der Waals surface area contributed by atoms with Crippen molar-refractivity contribution in [2.24, 2.45) is 0 Å². The van der Waals surface area contributed by atoms with Crippen LogP contribution in [0.15, 0.2) is 67.1 Å². The number of halogens is 1. The van der Waals surface area contributed by atoms with Gasteiger partial charge in [-0.1, -0.05) is 18.2 Å². The molecule has 0 aliphatic carbocycles. The number of fused-ring (bicyclic) bond motifs is 2. The van der Waals surface area contributed by atoms with Crippen molar-refractivity contribution in [1.82, 2.24) is 9.97 Å². The Kier molecular flexibility index (Phi) is 4.75. The molecule has 2 aromatic heterocycles. The van der Waals surface area contributed by atoms with E-state index in [0.717, 1.165) is 24.2 Å². The second-order valence-corrected chi connectivity index (χ2v) is 7.65. The lowest BCUT2D eigenvalue weighted by Crippen LogP contribution is -2.40. The molecule has 152 valence electrons. The molecule has 0 saturated heterocycles. The number of benzene rings is 2. The van der Waals surface area contributed by atoms with E-state index in [1.54, 1.807) is 12.4 Å². The first kappa shape index (κ1) is 18.5. The molecule has 5 nitrogen and oxygen atoms in total. The summed E-state index contributed by atoms with van der Waals surface area (Å²) in [6.07, 6.45) is 6.25. The molecule has 1 aliphatic rings. The highest BCUT2D eigenvalue weighted by Crippen LogP contribution is 2.39. The van der Waals surface area contributed by atoms with Gasteiger partial charge < -0.3 is 19.9 Å². The van der Waals surface area contributed by atoms with Gasteiger partial charge in [-0.15, -0.1) is 0 Å². The van der Waals surface area contributed by atoms with Crippen molar-refractivity contribution in [3.8, 4) is 5.75 Å². The van der Waals surface area contributed by atoms with Gasteiger partial charge in [0.25, 0.3) is 0 Å². The maximum Gasteiger partial charge on any atom is 0.152 e. The van der Waals surface area contributed by atoms with E-state index in [-0.39, 0.29) is 11.9 Å². The lowest BCUT2D eigenvalue weighted by molar-refractivity contribution is 0.211. The molecule has 1 unspecified atom stereocenters. The smallest absolute Gasteiger partial charge is 0.152 e. The van der Waals surface area contributed by atoms with E-state index in [0.29, 0.717) is 23.7 Å². The van der Waals surface area contributed by atoms with E-state index < -0.39 is 0 Å². The average Bonchev–Trinajstić information content (AvgIpc) is 3.15. The van der Waals surface area contributed by atoms with Crippen molar-refractivity contribution in [3.63, 3.8) is 0 Å². The van der Waals surface area contributed by atoms with Crippen LogP contribution in [-0.2, 0) is 6.42 Å². The number of rotatable bonds is 5. The number of ether oxygens (including phenoxy) is 1. The van der Waals surface area contributed by atoms with E-state index in [1.807, 2.05) is 43.5 Å². The summed E-state index contributed by atoms with van der Waals surface area (Å²) in [5, 5.41) is 4.44. The second-order valence-electron chi connectivity index (χ2n) is 7.65. The molecule has 0 spiro atoms. The highest BCUT2D eigenvalue weighted by molar-refractivity contribution is 5.83. The summed E-state index contributed by atoms with van der Waals surface area (Å²) < 4.78 is 21.1. The van der Waals surface area contributed by atoms with E-state index in [4.69, 9.17) is 4.74 Å². The van der Waals surface area contributed by atoms with Crippen molar-refractivity contribution in [2.45, 2.75) is 19.4 Å². The number of hydrogen-bond acceptors (Lipinski definition) is 4. The molecule has 4 aromatic rings. The fourth-order valence-electron chi connectivity index (χ4n) is 4.10. The first-order valence-electron chi connectivity index (χ1n) is 10.1. The number of aromatic amines is 1. The minimum absolute atomic E-state index is 0.0176. The molecule has 1 aliphatic heterocycles. The highest BCUT2D eigenvalue weighted by Gasteiger charge is 2.27. The van der Waals surface area contributed by atoms with Crippen LogP contribution in [-0.4, -0.2) is 29.2 Å². The summed E-state index contributed by atoms with van der Waals surface area (Å²) in [7, 11) is 0. The maximum atomic E-state index is 15.2. The van der Waals surface area contributed by atoms with Crippen LogP contribution in [0.2, 0.25) is 0 Å². The number of hydrogen-bond donors (Lipinski definition) is 2. The monoisotopic (exact) mass is 402 g/mol. The number of nitrogens with one attached hydrogen (secondary N) is 2. The molecule has 2 aromatic carbocycles. The molecule has 0 saturated carbocycles. The summed E-state index contributed by atoms with van der Waals surface area (Å²) in [6.45, 7) is 3.39. The van der Waals surface area contributed by atoms with E-state index in [1.165, 1.54) is 17.0 Å². The predicted octanol–water partition coefficient (Wildman–Crippen LogP) is 5.28. The first-order valence-corrected chi connectivity index (χ1v) is 10.1. The Bertz CT molecular complexity index is 1170. The zero-order chi connectivity index (χ0) is 20.5. The molecule has 6 heteroatoms. The Balaban J connectivity index is 1.40. The van der Waals surface area contributed by atoms with Gasteiger partial charge in [-0.3, -0.25) is 4.98 Å². The number of nitrogens with zero attached hydrogens (tertiary/aromatic N) is 2. The molecule has 0 fully saturated rings. The molecule has 2 N–H and O–H groups in total. The number of H-pyrrole nitrogens is 1. The standard InChI is InChI=1S/C24H23FN4O/c1-16-15-29(11-8-17-14-27-22-5-3-2-4-20(17)22)24-21(25)12-19(13-23(24)30-16)28-18-6-9-26-10-7-18/h2-7,9-10,12-14,16,27H,8,11,15H2,1H3,(H,26,28). The third kappa shape index (κ3) is 3.56. The second kappa shape index (κ2) is 7.71. The van der Waals surface area contributed by atoms with E-state index in [9.17, 15) is 0 Å². The summed E-state index contributed by atoms with van der Waals surface area (Å²) in [5.74, 6) is 0.291. The molecule has 3 heterocycles. The third-order valence-electron chi connectivity index (χ3n) is 5.45. The number of anilines is 3. The largest absolute Gasteiger partial charge is 0.487 e. The van der Waals surface area contributed by atoms with Crippen LogP contribution in [0.4, 0.5) is 21.5 Å². The van der Waals surface area contributed by atoms with Gasteiger partial charge in [-0.05, 0) is 43.2 Å². The van der Waals surface area contributed by atoms with Crippen molar-refractivity contribution < 1.29 is 9.13 Å². The van der Waals surface area contributed by atoms with Gasteiger partial charge in [0, 0.05) is 53.5 Å². The molecule has 30 heavy (non-hydrogen) atoms. The maximum absolute atomic E-state index is 15.2. The van der Waals surface area contributed by atoms with Gasteiger partial charge >= 0.3 is 0 Å². The van der Waals surface area contributed by atoms with Gasteiger partial charge in [0.1, 0.15) is 17.5 Å². The molecular weight excluding hydrogens is 379 g/mol. The van der Waals surface area contributed by atoms with Crippen LogP contribution in [0.5, 0.6) is 5.75 Å². The number of pyridine rings is 1. The van der Waals surface area contributed by atoms with Crippen LogP contribution in [0.25, 0.3) is 10.9 Å². The molecule has 0 amide bonds. The van der Waals surface area contributed by atoms with Crippen molar-refractivity contribution >= 4 is 28.0 Å². The highest BCUT2D eigenvalue weighted by atomic mass is 19.1. The van der Waals surface area contributed by atoms with Crippen LogP contribution in [0, 0.1) is 5.82 Å². The third-order valence-corrected chi connectivity index (χ3v) is 5.45. The summed E-state index contributed by atoms with van der Waals surface area (Å²) >= 11 is 0. The van der Waals surface area contributed by atoms with Crippen molar-refractivity contribution in [1.29, 1.82) is 0 Å². The zero-order valence-electron chi connectivity index (χ0n) is 16.7. The Hall–Kier alpha value is -3.54. The summed E-state index contributed by atoms with van der Waals surface area (Å²) in [5.41, 5.74) is 4.41. The molecule has 0 bridgehead atoms. The lowest BCUT2D eigenvalue weighted by atomic mass is 10.1. The van der Waals surface area contributed by atoms with Gasteiger partial charge in [-0.25, -0.2) is 4.39 Å². The van der Waals surface area contributed by atoms with Crippen LogP contribution < -0.4 is 15.0 Å². The molecule has 5 rings (SSSR count). The quantitative estimate of drug-likeness (QED) is 0.477. The van der Waals surface area contributed by atoms with Crippen molar-refractivity contribution in [2.75, 3.05) is 23.3 Å². The Labute approximate surface area is 174 Å². The Morgan fingerprint density at radius 3 is 2.87 bits per heavy atom. The Morgan fingerprint density at radius 1 is 1.17 bits per heavy atom. The molecule has 0 radical (unpaired) electrons. The van der Waals surface area contributed by atoms with Crippen molar-refractivity contribution in [3.05, 3.63) is 78.5 Å². The van der Waals surface area contributed by atoms with E-state index >= 15 is 4.39 Å². The number of para-hydroxylation sites is 1. The van der Waals surface area contributed by atoms with Gasteiger partial charge in [0.05, 0.1) is 6.54 Å².